The molecule has 0 bridgehead atoms. The first-order chi connectivity index (χ1) is 22.5. The fraction of sp³-hybridized carbons (Fsp3) is 0.353. The molecular formula is C34H31BrCl4F2N2O6. The predicted octanol–water partition coefficient (Wildman–Crippen LogP) is 10.7. The number of alkyl halides is 2. The van der Waals surface area contributed by atoms with Gasteiger partial charge in [0.2, 0.25) is 5.91 Å². The second-order valence-electron chi connectivity index (χ2n) is 13.3. The number of halogens is 7. The predicted molar refractivity (Wildman–Crippen MR) is 189 cm³/mol. The van der Waals surface area contributed by atoms with E-state index in [0.717, 1.165) is 12.1 Å². The number of hydrogen-bond acceptors (Lipinski definition) is 6. The van der Waals surface area contributed by atoms with E-state index in [1.54, 1.807) is 18.2 Å². The van der Waals surface area contributed by atoms with Crippen LogP contribution in [0, 0.1) is 17.6 Å². The molecule has 15 heteroatoms. The number of nitrogens with zero attached hydrogens (tertiary/aromatic N) is 1. The Morgan fingerprint density at radius 3 is 2.04 bits per heavy atom. The van der Waals surface area contributed by atoms with Gasteiger partial charge < -0.3 is 14.8 Å². The van der Waals surface area contributed by atoms with Crippen LogP contribution in [0.4, 0.5) is 29.7 Å². The van der Waals surface area contributed by atoms with Crippen molar-refractivity contribution in [3.05, 3.63) is 91.4 Å². The fourth-order valence-electron chi connectivity index (χ4n) is 4.92. The van der Waals surface area contributed by atoms with Gasteiger partial charge in [0.15, 0.2) is 17.4 Å². The Bertz CT molecular complexity index is 1800. The molecule has 2 unspecified atom stereocenters. The van der Waals surface area contributed by atoms with Gasteiger partial charge in [0.25, 0.3) is 0 Å². The Labute approximate surface area is 310 Å². The van der Waals surface area contributed by atoms with Crippen LogP contribution in [0.3, 0.4) is 0 Å². The van der Waals surface area contributed by atoms with E-state index in [2.05, 4.69) is 21.2 Å². The lowest BCUT2D eigenvalue weighted by Crippen LogP contribution is -2.44. The summed E-state index contributed by atoms with van der Waals surface area (Å²) in [6, 6.07) is 11.0. The van der Waals surface area contributed by atoms with Gasteiger partial charge in [0.05, 0.1) is 10.9 Å². The van der Waals surface area contributed by atoms with Crippen LogP contribution in [0.2, 0.25) is 10.0 Å². The average Bonchev–Trinajstić information content (AvgIpc) is 3.52. The highest BCUT2D eigenvalue weighted by atomic mass is 79.9. The van der Waals surface area contributed by atoms with Gasteiger partial charge in [-0.2, -0.15) is 4.90 Å². The van der Waals surface area contributed by atoms with Gasteiger partial charge in [-0.3, -0.25) is 9.59 Å². The molecule has 0 heterocycles. The molecule has 0 radical (unpaired) electrons. The first kappa shape index (κ1) is 38.8. The van der Waals surface area contributed by atoms with Crippen molar-refractivity contribution in [1.29, 1.82) is 0 Å². The minimum absolute atomic E-state index is 0.0213. The Balaban J connectivity index is 1.60. The number of carbonyl (C=O) groups excluding carboxylic acids is 4. The van der Waals surface area contributed by atoms with Gasteiger partial charge in [-0.15, -0.1) is 23.2 Å². The Morgan fingerprint density at radius 2 is 1.49 bits per heavy atom. The summed E-state index contributed by atoms with van der Waals surface area (Å²) in [6.45, 7) is 9.02. The number of ether oxygens (including phenoxy) is 2. The SMILES string of the molecule is CC(C)(C)OC(=O)N(C(=O)OC(C)(C)C)c1c(F)ccc(CC(=O)c2cc(NC(=O)C3C(c4cc(Cl)cc(Br)c4)C3(Cl)Cl)ccc2Cl)c1F. The second-order valence-corrected chi connectivity index (χ2v) is 16.5. The van der Waals surface area contributed by atoms with Gasteiger partial charge in [-0.25, -0.2) is 18.4 Å². The number of imide groups is 1. The molecular weight excluding hydrogens is 792 g/mol. The van der Waals surface area contributed by atoms with Crippen molar-refractivity contribution in [3.63, 3.8) is 0 Å². The summed E-state index contributed by atoms with van der Waals surface area (Å²) < 4.78 is 40.9. The van der Waals surface area contributed by atoms with Crippen LogP contribution >= 0.6 is 62.3 Å². The van der Waals surface area contributed by atoms with Gasteiger partial charge in [-0.1, -0.05) is 45.2 Å². The average molecular weight is 823 g/mol. The molecule has 0 aliphatic heterocycles. The lowest BCUT2D eigenvalue weighted by molar-refractivity contribution is -0.117. The van der Waals surface area contributed by atoms with E-state index in [4.69, 9.17) is 55.9 Å². The molecule has 0 aromatic heterocycles. The molecule has 3 aromatic carbocycles. The number of carbonyl (C=O) groups is 4. The number of amides is 3. The van der Waals surface area contributed by atoms with Crippen molar-refractivity contribution in [2.75, 3.05) is 10.2 Å². The van der Waals surface area contributed by atoms with E-state index in [1.165, 1.54) is 59.7 Å². The highest BCUT2D eigenvalue weighted by Gasteiger charge is 2.67. The topological polar surface area (TPSA) is 102 Å². The summed E-state index contributed by atoms with van der Waals surface area (Å²) in [5.74, 6) is -5.36. The van der Waals surface area contributed by atoms with Crippen LogP contribution < -0.4 is 10.2 Å². The Kier molecular flexibility index (Phi) is 11.4. The van der Waals surface area contributed by atoms with E-state index >= 15 is 8.78 Å². The normalized spacial score (nSPS) is 16.8. The maximum absolute atomic E-state index is 16.0. The highest BCUT2D eigenvalue weighted by Crippen LogP contribution is 2.65. The van der Waals surface area contributed by atoms with E-state index < -0.39 is 75.0 Å². The van der Waals surface area contributed by atoms with Gasteiger partial charge in [0.1, 0.15) is 21.2 Å². The number of Topliss-reactive ketones (excluding diaryl/α,β-unsaturated/α-hetero) is 1. The summed E-state index contributed by atoms with van der Waals surface area (Å²) in [4.78, 5) is 53.0. The summed E-state index contributed by atoms with van der Waals surface area (Å²) in [5.41, 5.74) is -3.03. The van der Waals surface area contributed by atoms with Crippen LogP contribution in [0.25, 0.3) is 0 Å². The van der Waals surface area contributed by atoms with Crippen molar-refractivity contribution in [2.24, 2.45) is 5.92 Å². The third-order valence-electron chi connectivity index (χ3n) is 6.99. The largest absolute Gasteiger partial charge is 0.443 e. The molecule has 2 atom stereocenters. The number of benzene rings is 3. The van der Waals surface area contributed by atoms with Crippen molar-refractivity contribution < 1.29 is 37.4 Å². The molecule has 49 heavy (non-hydrogen) atoms. The minimum atomic E-state index is -1.43. The number of nitrogens with one attached hydrogen (secondary N) is 1. The molecule has 0 saturated heterocycles. The van der Waals surface area contributed by atoms with Crippen LogP contribution in [0.1, 0.15) is 68.9 Å². The minimum Gasteiger partial charge on any atom is -0.443 e. The molecule has 1 saturated carbocycles. The molecule has 3 aromatic rings. The number of rotatable bonds is 7. The monoisotopic (exact) mass is 820 g/mol. The van der Waals surface area contributed by atoms with E-state index in [0.29, 0.717) is 15.1 Å². The molecule has 1 N–H and O–H groups in total. The van der Waals surface area contributed by atoms with E-state index in [1.807, 2.05) is 0 Å². The zero-order valence-electron chi connectivity index (χ0n) is 27.0. The summed E-state index contributed by atoms with van der Waals surface area (Å²) in [6.07, 6.45) is -3.46. The summed E-state index contributed by atoms with van der Waals surface area (Å²) >= 11 is 28.8. The van der Waals surface area contributed by atoms with Crippen molar-refractivity contribution in [1.82, 2.24) is 0 Å². The summed E-state index contributed by atoms with van der Waals surface area (Å²) in [5, 5.41) is 3.09. The molecule has 1 aliphatic carbocycles. The zero-order chi connectivity index (χ0) is 36.8. The quantitative estimate of drug-likeness (QED) is 0.188. The van der Waals surface area contributed by atoms with Crippen molar-refractivity contribution in [2.45, 2.75) is 69.4 Å². The lowest BCUT2D eigenvalue weighted by Gasteiger charge is -2.29. The molecule has 4 rings (SSSR count). The highest BCUT2D eigenvalue weighted by molar-refractivity contribution is 9.10. The first-order valence-corrected chi connectivity index (χ1v) is 17.0. The molecule has 8 nitrogen and oxygen atoms in total. The molecule has 3 amide bonds. The van der Waals surface area contributed by atoms with E-state index in [-0.39, 0.29) is 26.7 Å². The van der Waals surface area contributed by atoms with Crippen molar-refractivity contribution >= 4 is 97.6 Å². The maximum atomic E-state index is 16.0. The molecule has 1 aliphatic rings. The van der Waals surface area contributed by atoms with Crippen molar-refractivity contribution in [3.8, 4) is 0 Å². The molecule has 262 valence electrons. The summed E-state index contributed by atoms with van der Waals surface area (Å²) in [7, 11) is 0. The van der Waals surface area contributed by atoms with Crippen LogP contribution in [-0.2, 0) is 20.7 Å². The fourth-order valence-corrected chi connectivity index (χ4v) is 6.86. The third-order valence-corrected chi connectivity index (χ3v) is 8.93. The molecule has 1 fully saturated rings. The lowest BCUT2D eigenvalue weighted by atomic mass is 10.0. The Morgan fingerprint density at radius 1 is 0.898 bits per heavy atom. The van der Waals surface area contributed by atoms with E-state index in [9.17, 15) is 19.2 Å². The van der Waals surface area contributed by atoms with Gasteiger partial charge >= 0.3 is 12.2 Å². The van der Waals surface area contributed by atoms with Crippen LogP contribution in [0.5, 0.6) is 0 Å². The Hall–Kier alpha value is -2.96. The number of ketones is 1. The molecule has 0 spiro atoms. The second kappa shape index (κ2) is 14.3. The van der Waals surface area contributed by atoms with Gasteiger partial charge in [0, 0.05) is 33.1 Å². The van der Waals surface area contributed by atoms with Crippen LogP contribution in [-0.4, -0.2) is 39.4 Å². The van der Waals surface area contributed by atoms with Crippen LogP contribution in [0.15, 0.2) is 53.0 Å². The third kappa shape index (κ3) is 9.24. The smallest absolute Gasteiger partial charge is 0.424 e. The maximum Gasteiger partial charge on any atom is 0.424 e. The zero-order valence-corrected chi connectivity index (χ0v) is 31.6. The number of hydrogen-bond donors (Lipinski definition) is 1. The standard InChI is InChI=1S/C34H31BrCl4F2N2O6/c1-32(2,3)48-30(46)43(31(47)49-33(4,5)6)28-23(40)10-7-16(27(28)41)13-24(44)21-15-20(8-9-22(21)37)42-29(45)26-25(34(26,38)39)17-11-18(35)14-19(36)12-17/h7-12,14-15,25-26H,13H2,1-6H3,(H,42,45). The number of anilines is 2. The first-order valence-electron chi connectivity index (χ1n) is 14.7. The van der Waals surface area contributed by atoms with Gasteiger partial charge in [-0.05, 0) is 95.1 Å².